The van der Waals surface area contributed by atoms with Crippen LogP contribution in [0.3, 0.4) is 0 Å². The zero-order valence-corrected chi connectivity index (χ0v) is 13.8. The normalized spacial score (nSPS) is 18.1. The van der Waals surface area contributed by atoms with Crippen LogP contribution in [0, 0.1) is 0 Å². The van der Waals surface area contributed by atoms with Gasteiger partial charge in [-0.2, -0.15) is 0 Å². The monoisotopic (exact) mass is 274 g/mol. The van der Waals surface area contributed by atoms with Gasteiger partial charge in [0.2, 0.25) is 0 Å². The van der Waals surface area contributed by atoms with Crippen molar-refractivity contribution >= 4 is 0 Å². The van der Waals surface area contributed by atoms with Crippen molar-refractivity contribution in [3.8, 4) is 0 Å². The average Bonchev–Trinajstić information content (AvgIpc) is 2.41. The van der Waals surface area contributed by atoms with E-state index in [1.54, 1.807) is 0 Å². The van der Waals surface area contributed by atoms with Gasteiger partial charge in [-0.25, -0.2) is 0 Å². The summed E-state index contributed by atoms with van der Waals surface area (Å²) in [5.41, 5.74) is 4.53. The number of hydrogen-bond donors (Lipinski definition) is 0. The highest BCUT2D eigenvalue weighted by Crippen LogP contribution is 2.26. The van der Waals surface area contributed by atoms with Crippen LogP contribution >= 0.6 is 0 Å². The fourth-order valence-corrected chi connectivity index (χ4v) is 2.90. The van der Waals surface area contributed by atoms with E-state index in [4.69, 9.17) is 0 Å². The van der Waals surface area contributed by atoms with E-state index in [-0.39, 0.29) is 0 Å². The van der Waals surface area contributed by atoms with Crippen molar-refractivity contribution in [3.05, 3.63) is 34.9 Å². The molecular weight excluding hydrogens is 244 g/mol. The lowest BCUT2D eigenvalue weighted by atomic mass is 9.91. The van der Waals surface area contributed by atoms with E-state index in [1.807, 2.05) is 0 Å². The predicted octanol–water partition coefficient (Wildman–Crippen LogP) is 3.68. The Hall–Kier alpha value is -0.860. The molecule has 1 aliphatic heterocycles. The molecule has 20 heavy (non-hydrogen) atoms. The van der Waals surface area contributed by atoms with Gasteiger partial charge in [0.25, 0.3) is 0 Å². The highest BCUT2D eigenvalue weighted by molar-refractivity contribution is 5.35. The summed E-state index contributed by atoms with van der Waals surface area (Å²) in [6, 6.07) is 7.12. The van der Waals surface area contributed by atoms with E-state index in [2.05, 4.69) is 62.7 Å². The number of nitrogens with zero attached hydrogens (tertiary/aromatic N) is 2. The molecule has 1 fully saturated rings. The number of piperazine rings is 1. The Balaban J connectivity index is 2.14. The van der Waals surface area contributed by atoms with Crippen LogP contribution in [0.4, 0.5) is 0 Å². The smallest absolute Gasteiger partial charge is 0.0237 e. The van der Waals surface area contributed by atoms with Crippen LogP contribution in [0.25, 0.3) is 0 Å². The Labute approximate surface area is 124 Å². The van der Waals surface area contributed by atoms with Crippen LogP contribution in [0.15, 0.2) is 18.2 Å². The van der Waals surface area contributed by atoms with Crippen molar-refractivity contribution in [1.29, 1.82) is 0 Å². The first kappa shape index (κ1) is 15.5. The summed E-state index contributed by atoms with van der Waals surface area (Å²) in [5, 5.41) is 0. The Kier molecular flexibility index (Phi) is 5.22. The molecule has 0 bridgehead atoms. The molecule has 0 aliphatic carbocycles. The molecule has 1 aromatic carbocycles. The third-order valence-electron chi connectivity index (χ3n) is 4.45. The lowest BCUT2D eigenvalue weighted by molar-refractivity contribution is 0.148. The number of hydrogen-bond acceptors (Lipinski definition) is 2. The van der Waals surface area contributed by atoms with Gasteiger partial charge in [0, 0.05) is 32.7 Å². The maximum Gasteiger partial charge on any atom is 0.0237 e. The summed E-state index contributed by atoms with van der Waals surface area (Å²) in [6.07, 6.45) is 0. The van der Waals surface area contributed by atoms with E-state index < -0.39 is 0 Å². The van der Waals surface area contributed by atoms with E-state index in [0.29, 0.717) is 11.8 Å². The van der Waals surface area contributed by atoms with Gasteiger partial charge in [0.05, 0.1) is 0 Å². The average molecular weight is 274 g/mol. The molecule has 2 rings (SSSR count). The first-order chi connectivity index (χ1) is 9.47. The lowest BCUT2D eigenvalue weighted by Crippen LogP contribution is -2.44. The fourth-order valence-electron chi connectivity index (χ4n) is 2.90. The molecule has 0 amide bonds. The van der Waals surface area contributed by atoms with Gasteiger partial charge in [0.15, 0.2) is 0 Å². The summed E-state index contributed by atoms with van der Waals surface area (Å²) >= 11 is 0. The van der Waals surface area contributed by atoms with Crippen molar-refractivity contribution < 1.29 is 0 Å². The topological polar surface area (TPSA) is 6.48 Å². The Bertz CT molecular complexity index is 429. The Morgan fingerprint density at radius 3 is 2.15 bits per heavy atom. The third kappa shape index (κ3) is 3.83. The highest BCUT2D eigenvalue weighted by atomic mass is 15.2. The first-order valence-electron chi connectivity index (χ1n) is 8.01. The second kappa shape index (κ2) is 6.73. The quantitative estimate of drug-likeness (QED) is 0.826. The minimum absolute atomic E-state index is 0.608. The van der Waals surface area contributed by atoms with E-state index in [1.165, 1.54) is 42.9 Å². The van der Waals surface area contributed by atoms with Gasteiger partial charge in [-0.3, -0.25) is 4.90 Å². The predicted molar refractivity (Wildman–Crippen MR) is 87.4 cm³/mol. The van der Waals surface area contributed by atoms with E-state index in [9.17, 15) is 0 Å². The van der Waals surface area contributed by atoms with Crippen LogP contribution in [0.1, 0.15) is 56.2 Å². The fraction of sp³-hybridized carbons (Fsp3) is 0.667. The van der Waals surface area contributed by atoms with Crippen LogP contribution in [-0.2, 0) is 6.54 Å². The summed E-state index contributed by atoms with van der Waals surface area (Å²) < 4.78 is 0. The van der Waals surface area contributed by atoms with Crippen molar-refractivity contribution in [2.75, 3.05) is 33.2 Å². The minimum atomic E-state index is 0.608. The summed E-state index contributed by atoms with van der Waals surface area (Å²) in [7, 11) is 2.22. The molecule has 2 heteroatoms. The Morgan fingerprint density at radius 2 is 1.60 bits per heavy atom. The molecule has 0 saturated carbocycles. The second-order valence-electron chi connectivity index (χ2n) is 6.85. The van der Waals surface area contributed by atoms with Crippen molar-refractivity contribution in [2.45, 2.75) is 46.1 Å². The molecule has 2 nitrogen and oxygen atoms in total. The maximum atomic E-state index is 2.59. The van der Waals surface area contributed by atoms with Crippen LogP contribution in [0.2, 0.25) is 0 Å². The molecule has 1 aromatic rings. The van der Waals surface area contributed by atoms with Crippen molar-refractivity contribution in [2.24, 2.45) is 0 Å². The van der Waals surface area contributed by atoms with Gasteiger partial charge >= 0.3 is 0 Å². The minimum Gasteiger partial charge on any atom is -0.304 e. The SMILES string of the molecule is CC(C)c1ccc(CN2CCN(C)CC2)c(C(C)C)c1. The molecule has 0 N–H and O–H groups in total. The maximum absolute atomic E-state index is 2.59. The van der Waals surface area contributed by atoms with Gasteiger partial charge < -0.3 is 4.90 Å². The largest absolute Gasteiger partial charge is 0.304 e. The molecule has 0 unspecified atom stereocenters. The Morgan fingerprint density at radius 1 is 0.950 bits per heavy atom. The molecule has 0 radical (unpaired) electrons. The zero-order chi connectivity index (χ0) is 14.7. The molecular formula is C18H30N2. The number of likely N-dealkylation sites (N-methyl/N-ethyl adjacent to an activating group) is 1. The standard InChI is InChI=1S/C18H30N2/c1-14(2)16-6-7-17(18(12-16)15(3)4)13-20-10-8-19(5)9-11-20/h6-7,12,14-15H,8-11,13H2,1-5H3. The molecule has 0 spiro atoms. The first-order valence-corrected chi connectivity index (χ1v) is 8.01. The van der Waals surface area contributed by atoms with Gasteiger partial charge in [-0.15, -0.1) is 0 Å². The third-order valence-corrected chi connectivity index (χ3v) is 4.45. The molecule has 0 aromatic heterocycles. The van der Waals surface area contributed by atoms with Gasteiger partial charge in [0.1, 0.15) is 0 Å². The summed E-state index contributed by atoms with van der Waals surface area (Å²) in [6.45, 7) is 15.1. The van der Waals surface area contributed by atoms with Crippen LogP contribution in [0.5, 0.6) is 0 Å². The lowest BCUT2D eigenvalue weighted by Gasteiger charge is -2.33. The molecule has 0 atom stereocenters. The van der Waals surface area contributed by atoms with Crippen LogP contribution in [-0.4, -0.2) is 43.0 Å². The molecule has 112 valence electrons. The molecule has 1 saturated heterocycles. The highest BCUT2D eigenvalue weighted by Gasteiger charge is 2.16. The van der Waals surface area contributed by atoms with Gasteiger partial charge in [-0.1, -0.05) is 45.9 Å². The zero-order valence-electron chi connectivity index (χ0n) is 13.8. The summed E-state index contributed by atoms with van der Waals surface area (Å²) in [4.78, 5) is 5.01. The number of rotatable bonds is 4. The summed E-state index contributed by atoms with van der Waals surface area (Å²) in [5.74, 6) is 1.22. The van der Waals surface area contributed by atoms with E-state index >= 15 is 0 Å². The second-order valence-corrected chi connectivity index (χ2v) is 6.85. The number of benzene rings is 1. The molecule has 1 aliphatic rings. The molecule has 1 heterocycles. The van der Waals surface area contributed by atoms with Crippen molar-refractivity contribution in [1.82, 2.24) is 9.80 Å². The van der Waals surface area contributed by atoms with Crippen LogP contribution < -0.4 is 0 Å². The van der Waals surface area contributed by atoms with Gasteiger partial charge in [-0.05, 0) is 35.6 Å². The van der Waals surface area contributed by atoms with E-state index in [0.717, 1.165) is 6.54 Å². The van der Waals surface area contributed by atoms with Crippen molar-refractivity contribution in [3.63, 3.8) is 0 Å².